The summed E-state index contributed by atoms with van der Waals surface area (Å²) in [5, 5.41) is 5.62. The zero-order valence-electron chi connectivity index (χ0n) is 18.8. The lowest BCUT2D eigenvalue weighted by molar-refractivity contribution is -0.117. The molecule has 0 aliphatic carbocycles. The summed E-state index contributed by atoms with van der Waals surface area (Å²) >= 11 is 0. The van der Waals surface area contributed by atoms with Gasteiger partial charge in [-0.1, -0.05) is 23.8 Å². The number of benzene rings is 2. The van der Waals surface area contributed by atoms with Gasteiger partial charge in [0.25, 0.3) is 11.8 Å². The van der Waals surface area contributed by atoms with E-state index in [-0.39, 0.29) is 17.5 Å². The average molecular weight is 426 g/mol. The Morgan fingerprint density at radius 1 is 1.00 bits per heavy atom. The Morgan fingerprint density at radius 2 is 1.68 bits per heavy atom. The van der Waals surface area contributed by atoms with Gasteiger partial charge in [0.1, 0.15) is 5.70 Å². The lowest BCUT2D eigenvalue weighted by atomic mass is 10.1. The molecule has 0 fully saturated rings. The molecule has 2 amide bonds. The lowest BCUT2D eigenvalue weighted by Crippen LogP contribution is -2.36. The Kier molecular flexibility index (Phi) is 9.09. The minimum atomic E-state index is -0.353. The first-order chi connectivity index (χ1) is 14.8. The van der Waals surface area contributed by atoms with Crippen LogP contribution in [-0.2, 0) is 4.79 Å². The van der Waals surface area contributed by atoms with Crippen LogP contribution in [0.4, 0.5) is 0 Å². The van der Waals surface area contributed by atoms with Gasteiger partial charge in [-0.2, -0.15) is 0 Å². The summed E-state index contributed by atoms with van der Waals surface area (Å²) in [4.78, 5) is 27.6. The van der Waals surface area contributed by atoms with Gasteiger partial charge in [0.05, 0.1) is 14.2 Å². The quantitative estimate of drug-likeness (QED) is 0.452. The van der Waals surface area contributed by atoms with E-state index in [2.05, 4.69) is 10.6 Å². The molecule has 0 bridgehead atoms. The molecule has 166 valence electrons. The number of hydrogen-bond donors (Lipinski definition) is 2. The summed E-state index contributed by atoms with van der Waals surface area (Å²) in [5.41, 5.74) is 2.38. The van der Waals surface area contributed by atoms with Crippen molar-refractivity contribution in [2.75, 3.05) is 41.4 Å². The number of nitrogens with zero attached hydrogens (tertiary/aromatic N) is 1. The van der Waals surface area contributed by atoms with Gasteiger partial charge in [-0.15, -0.1) is 0 Å². The number of rotatable bonds is 10. The second kappa shape index (κ2) is 11.8. The zero-order valence-corrected chi connectivity index (χ0v) is 18.8. The Balaban J connectivity index is 2.26. The molecule has 0 unspecified atom stereocenters. The highest BCUT2D eigenvalue weighted by Crippen LogP contribution is 2.28. The van der Waals surface area contributed by atoms with Crippen molar-refractivity contribution in [3.05, 3.63) is 64.9 Å². The fourth-order valence-electron chi connectivity index (χ4n) is 2.86. The molecule has 0 saturated carbocycles. The van der Waals surface area contributed by atoms with Gasteiger partial charge in [-0.05, 0) is 69.9 Å². The second-order valence-corrected chi connectivity index (χ2v) is 7.41. The molecule has 2 N–H and O–H groups in total. The van der Waals surface area contributed by atoms with Gasteiger partial charge in [-0.25, -0.2) is 0 Å². The van der Waals surface area contributed by atoms with Crippen molar-refractivity contribution in [1.29, 1.82) is 0 Å². The van der Waals surface area contributed by atoms with Crippen molar-refractivity contribution >= 4 is 17.9 Å². The SMILES string of the molecule is COc1ccc(C=C(NC(=O)c2ccc(C)cc2)C(=O)NCCCN(C)C)cc1OC. The Bertz CT molecular complexity index is 921. The van der Waals surface area contributed by atoms with Crippen LogP contribution in [0.25, 0.3) is 6.08 Å². The van der Waals surface area contributed by atoms with E-state index in [9.17, 15) is 9.59 Å². The molecule has 7 heteroatoms. The van der Waals surface area contributed by atoms with Crippen molar-refractivity contribution in [2.24, 2.45) is 0 Å². The minimum absolute atomic E-state index is 0.155. The number of aryl methyl sites for hydroxylation is 1. The van der Waals surface area contributed by atoms with E-state index in [0.29, 0.717) is 29.2 Å². The molecular weight excluding hydrogens is 394 g/mol. The van der Waals surface area contributed by atoms with Crippen molar-refractivity contribution in [2.45, 2.75) is 13.3 Å². The van der Waals surface area contributed by atoms with Crippen molar-refractivity contribution in [3.8, 4) is 11.5 Å². The van der Waals surface area contributed by atoms with Crippen LogP contribution in [0, 0.1) is 6.92 Å². The first kappa shape index (κ1) is 24.0. The predicted octanol–water partition coefficient (Wildman–Crippen LogP) is 2.85. The molecular formula is C24H31N3O4. The average Bonchev–Trinajstić information content (AvgIpc) is 2.76. The van der Waals surface area contributed by atoms with Crippen LogP contribution in [-0.4, -0.2) is 58.1 Å². The fraction of sp³-hybridized carbons (Fsp3) is 0.333. The smallest absolute Gasteiger partial charge is 0.267 e. The van der Waals surface area contributed by atoms with E-state index in [1.54, 1.807) is 50.6 Å². The third-order valence-corrected chi connectivity index (χ3v) is 4.59. The number of hydrogen-bond acceptors (Lipinski definition) is 5. The van der Waals surface area contributed by atoms with Crippen LogP contribution < -0.4 is 20.1 Å². The monoisotopic (exact) mass is 425 g/mol. The highest BCUT2D eigenvalue weighted by Gasteiger charge is 2.15. The van der Waals surface area contributed by atoms with Crippen molar-refractivity contribution < 1.29 is 19.1 Å². The van der Waals surface area contributed by atoms with Gasteiger partial charge in [-0.3, -0.25) is 9.59 Å². The molecule has 0 atom stereocenters. The maximum atomic E-state index is 12.8. The van der Waals surface area contributed by atoms with Crippen LogP contribution in [0.15, 0.2) is 48.2 Å². The van der Waals surface area contributed by atoms with E-state index < -0.39 is 0 Å². The number of carbonyl (C=O) groups excluding carboxylic acids is 2. The third-order valence-electron chi connectivity index (χ3n) is 4.59. The summed E-state index contributed by atoms with van der Waals surface area (Å²) in [6.45, 7) is 3.30. The molecule has 0 spiro atoms. The summed E-state index contributed by atoms with van der Waals surface area (Å²) in [6, 6.07) is 12.5. The lowest BCUT2D eigenvalue weighted by Gasteiger charge is -2.13. The molecule has 2 aromatic rings. The first-order valence-corrected chi connectivity index (χ1v) is 10.1. The minimum Gasteiger partial charge on any atom is -0.493 e. The Labute approximate surface area is 184 Å². The number of ether oxygens (including phenoxy) is 2. The third kappa shape index (κ3) is 7.46. The van der Waals surface area contributed by atoms with E-state index in [4.69, 9.17) is 9.47 Å². The van der Waals surface area contributed by atoms with Crippen molar-refractivity contribution in [3.63, 3.8) is 0 Å². The van der Waals surface area contributed by atoms with Gasteiger partial charge < -0.3 is 25.0 Å². The Hall–Kier alpha value is -3.32. The van der Waals surface area contributed by atoms with Gasteiger partial charge >= 0.3 is 0 Å². The standard InChI is InChI=1S/C24H31N3O4/c1-17-7-10-19(11-8-17)23(28)26-20(24(29)25-13-6-14-27(2)3)15-18-9-12-21(30-4)22(16-18)31-5/h7-12,15-16H,6,13-14H2,1-5H3,(H,25,29)(H,26,28). The van der Waals surface area contributed by atoms with E-state index in [1.807, 2.05) is 38.1 Å². The number of methoxy groups -OCH3 is 2. The molecule has 2 aromatic carbocycles. The molecule has 31 heavy (non-hydrogen) atoms. The van der Waals surface area contributed by atoms with Crippen LogP contribution in [0.2, 0.25) is 0 Å². The van der Waals surface area contributed by atoms with Crippen LogP contribution in [0.3, 0.4) is 0 Å². The predicted molar refractivity (Wildman–Crippen MR) is 122 cm³/mol. The van der Waals surface area contributed by atoms with Crippen molar-refractivity contribution in [1.82, 2.24) is 15.5 Å². The fourth-order valence-corrected chi connectivity index (χ4v) is 2.86. The van der Waals surface area contributed by atoms with Crippen LogP contribution in [0.1, 0.15) is 27.9 Å². The van der Waals surface area contributed by atoms with E-state index >= 15 is 0 Å². The van der Waals surface area contributed by atoms with Gasteiger partial charge in [0, 0.05) is 12.1 Å². The highest BCUT2D eigenvalue weighted by molar-refractivity contribution is 6.05. The van der Waals surface area contributed by atoms with Gasteiger partial charge in [0.15, 0.2) is 11.5 Å². The van der Waals surface area contributed by atoms with Crippen LogP contribution in [0.5, 0.6) is 11.5 Å². The number of carbonyl (C=O) groups is 2. The summed E-state index contributed by atoms with van der Waals surface area (Å²) in [5.74, 6) is 0.411. The molecule has 0 heterocycles. The molecule has 2 rings (SSSR count). The van der Waals surface area contributed by atoms with Gasteiger partial charge in [0.2, 0.25) is 0 Å². The maximum Gasteiger partial charge on any atom is 0.267 e. The summed E-state index contributed by atoms with van der Waals surface area (Å²) in [7, 11) is 7.06. The second-order valence-electron chi connectivity index (χ2n) is 7.41. The summed E-state index contributed by atoms with van der Waals surface area (Å²) < 4.78 is 10.6. The molecule has 0 radical (unpaired) electrons. The molecule has 7 nitrogen and oxygen atoms in total. The molecule has 0 aliphatic rings. The Morgan fingerprint density at radius 3 is 2.29 bits per heavy atom. The number of amides is 2. The maximum absolute atomic E-state index is 12.8. The zero-order chi connectivity index (χ0) is 22.8. The summed E-state index contributed by atoms with van der Waals surface area (Å²) in [6.07, 6.45) is 2.42. The molecule has 0 saturated heterocycles. The normalized spacial score (nSPS) is 11.2. The first-order valence-electron chi connectivity index (χ1n) is 10.1. The largest absolute Gasteiger partial charge is 0.493 e. The van der Waals surface area contributed by atoms with E-state index in [1.165, 1.54) is 0 Å². The molecule has 0 aliphatic heterocycles. The van der Waals surface area contributed by atoms with Crippen LogP contribution >= 0.6 is 0 Å². The van der Waals surface area contributed by atoms with E-state index in [0.717, 1.165) is 18.5 Å². The number of nitrogens with one attached hydrogen (secondary N) is 2. The highest BCUT2D eigenvalue weighted by atomic mass is 16.5. The topological polar surface area (TPSA) is 79.9 Å². The molecule has 0 aromatic heterocycles.